The predicted octanol–water partition coefficient (Wildman–Crippen LogP) is 2.44. The molecule has 1 saturated heterocycles. The maximum atomic E-state index is 12.8. The molecule has 0 atom stereocenters. The van der Waals surface area contributed by atoms with Crippen molar-refractivity contribution in [3.63, 3.8) is 0 Å². The number of rotatable bonds is 5. The standard InChI is InChI=1S/C14H22N2O2S3/c1-11-9-14(20-13(11)10-15-12-3-4-12)21(17,18)16-5-2-7-19-8-6-16/h9,12,15H,2-8,10H2,1H3. The molecule has 0 unspecified atom stereocenters. The lowest BCUT2D eigenvalue weighted by Crippen LogP contribution is -2.32. The van der Waals surface area contributed by atoms with Gasteiger partial charge in [-0.25, -0.2) is 8.42 Å². The van der Waals surface area contributed by atoms with Crippen LogP contribution < -0.4 is 5.32 Å². The molecule has 1 aromatic rings. The number of nitrogens with zero attached hydrogens (tertiary/aromatic N) is 1. The van der Waals surface area contributed by atoms with Crippen LogP contribution in [0, 0.1) is 6.92 Å². The van der Waals surface area contributed by atoms with Crippen LogP contribution in [0.15, 0.2) is 10.3 Å². The summed E-state index contributed by atoms with van der Waals surface area (Å²) in [5, 5.41) is 3.47. The number of hydrogen-bond acceptors (Lipinski definition) is 5. The average Bonchev–Trinajstić information content (AvgIpc) is 3.24. The molecular weight excluding hydrogens is 324 g/mol. The van der Waals surface area contributed by atoms with Gasteiger partial charge in [-0.2, -0.15) is 16.1 Å². The molecular formula is C14H22N2O2S3. The first-order valence-electron chi connectivity index (χ1n) is 7.48. The molecule has 1 aliphatic carbocycles. The normalized spacial score (nSPS) is 21.4. The molecule has 0 radical (unpaired) electrons. The molecule has 0 aromatic carbocycles. The SMILES string of the molecule is Cc1cc(S(=O)(=O)N2CCCSCC2)sc1CNC1CC1. The lowest BCUT2D eigenvalue weighted by atomic mass is 10.3. The van der Waals surface area contributed by atoms with E-state index in [1.54, 1.807) is 4.31 Å². The maximum Gasteiger partial charge on any atom is 0.252 e. The number of sulfonamides is 1. The van der Waals surface area contributed by atoms with Crippen molar-refractivity contribution in [2.24, 2.45) is 0 Å². The average molecular weight is 347 g/mol. The first kappa shape index (κ1) is 15.8. The summed E-state index contributed by atoms with van der Waals surface area (Å²) in [7, 11) is -3.30. The van der Waals surface area contributed by atoms with Crippen molar-refractivity contribution in [3.8, 4) is 0 Å². The molecule has 0 spiro atoms. The molecule has 1 saturated carbocycles. The molecule has 0 bridgehead atoms. The van der Waals surface area contributed by atoms with E-state index in [4.69, 9.17) is 0 Å². The van der Waals surface area contributed by atoms with Crippen LogP contribution in [0.4, 0.5) is 0 Å². The Morgan fingerprint density at radius 2 is 2.14 bits per heavy atom. The van der Waals surface area contributed by atoms with Crippen molar-refractivity contribution in [1.29, 1.82) is 0 Å². The summed E-state index contributed by atoms with van der Waals surface area (Å²) in [6.07, 6.45) is 3.45. The second-order valence-electron chi connectivity index (χ2n) is 5.70. The molecule has 21 heavy (non-hydrogen) atoms. The van der Waals surface area contributed by atoms with E-state index >= 15 is 0 Å². The Hall–Kier alpha value is -0.0800. The van der Waals surface area contributed by atoms with Gasteiger partial charge in [0.25, 0.3) is 10.0 Å². The van der Waals surface area contributed by atoms with Crippen LogP contribution in [-0.4, -0.2) is 43.4 Å². The van der Waals surface area contributed by atoms with Crippen molar-refractivity contribution in [1.82, 2.24) is 9.62 Å². The summed E-state index contributed by atoms with van der Waals surface area (Å²) in [5.41, 5.74) is 1.09. The number of nitrogens with one attached hydrogen (secondary N) is 1. The second-order valence-corrected chi connectivity index (χ2v) is 10.2. The Kier molecular flexibility index (Phi) is 4.95. The van der Waals surface area contributed by atoms with Crippen LogP contribution in [-0.2, 0) is 16.6 Å². The van der Waals surface area contributed by atoms with Gasteiger partial charge in [-0.1, -0.05) is 0 Å². The van der Waals surface area contributed by atoms with Crippen LogP contribution in [0.25, 0.3) is 0 Å². The van der Waals surface area contributed by atoms with E-state index in [0.29, 0.717) is 23.3 Å². The summed E-state index contributed by atoms with van der Waals surface area (Å²) >= 11 is 3.28. The van der Waals surface area contributed by atoms with Gasteiger partial charge in [-0.3, -0.25) is 0 Å². The Bertz CT molecular complexity index is 585. The van der Waals surface area contributed by atoms with Gasteiger partial charge in [0.1, 0.15) is 4.21 Å². The fourth-order valence-corrected chi connectivity index (χ4v) is 6.58. The summed E-state index contributed by atoms with van der Waals surface area (Å²) in [6, 6.07) is 2.50. The van der Waals surface area contributed by atoms with Crippen LogP contribution >= 0.6 is 23.1 Å². The smallest absolute Gasteiger partial charge is 0.252 e. The van der Waals surface area contributed by atoms with E-state index in [-0.39, 0.29) is 0 Å². The summed E-state index contributed by atoms with van der Waals surface area (Å²) in [4.78, 5) is 1.16. The number of thioether (sulfide) groups is 1. The van der Waals surface area contributed by atoms with E-state index in [0.717, 1.165) is 34.9 Å². The minimum Gasteiger partial charge on any atom is -0.309 e. The topological polar surface area (TPSA) is 49.4 Å². The number of aryl methyl sites for hydroxylation is 1. The van der Waals surface area contributed by atoms with Gasteiger partial charge in [-0.05, 0) is 43.6 Å². The molecule has 2 heterocycles. The third-order valence-electron chi connectivity index (χ3n) is 3.90. The van der Waals surface area contributed by atoms with Crippen molar-refractivity contribution in [3.05, 3.63) is 16.5 Å². The predicted molar refractivity (Wildman–Crippen MR) is 89.6 cm³/mol. The van der Waals surface area contributed by atoms with Gasteiger partial charge in [0.15, 0.2) is 0 Å². The molecule has 2 aliphatic rings. The Labute approximate surface area is 135 Å². The van der Waals surface area contributed by atoms with Gasteiger partial charge >= 0.3 is 0 Å². The largest absolute Gasteiger partial charge is 0.309 e. The fourth-order valence-electron chi connectivity index (χ4n) is 2.41. The third-order valence-corrected chi connectivity index (χ3v) is 8.54. The van der Waals surface area contributed by atoms with Crippen molar-refractivity contribution < 1.29 is 8.42 Å². The van der Waals surface area contributed by atoms with E-state index in [1.165, 1.54) is 24.2 Å². The molecule has 118 valence electrons. The Morgan fingerprint density at radius 1 is 1.33 bits per heavy atom. The van der Waals surface area contributed by atoms with Crippen LogP contribution in [0.3, 0.4) is 0 Å². The maximum absolute atomic E-state index is 12.8. The zero-order valence-electron chi connectivity index (χ0n) is 12.3. The second kappa shape index (κ2) is 6.58. The summed E-state index contributed by atoms with van der Waals surface area (Å²) < 4.78 is 27.7. The first-order chi connectivity index (χ1) is 10.1. The highest BCUT2D eigenvalue weighted by Gasteiger charge is 2.28. The van der Waals surface area contributed by atoms with Crippen LogP contribution in [0.5, 0.6) is 0 Å². The van der Waals surface area contributed by atoms with Crippen molar-refractivity contribution >= 4 is 33.1 Å². The Balaban J connectivity index is 1.75. The summed E-state index contributed by atoms with van der Waals surface area (Å²) in [6.45, 7) is 4.10. The van der Waals surface area contributed by atoms with Gasteiger partial charge in [0.05, 0.1) is 0 Å². The van der Waals surface area contributed by atoms with Gasteiger partial charge < -0.3 is 5.32 Å². The first-order valence-corrected chi connectivity index (χ1v) is 10.9. The zero-order chi connectivity index (χ0) is 14.9. The molecule has 1 N–H and O–H groups in total. The quantitative estimate of drug-likeness (QED) is 0.890. The molecule has 0 amide bonds. The van der Waals surface area contributed by atoms with E-state index < -0.39 is 10.0 Å². The minimum absolute atomic E-state index is 0.513. The minimum atomic E-state index is -3.30. The lowest BCUT2D eigenvalue weighted by molar-refractivity contribution is 0.436. The molecule has 1 aromatic heterocycles. The molecule has 2 fully saturated rings. The molecule has 3 rings (SSSR count). The van der Waals surface area contributed by atoms with E-state index in [1.807, 2.05) is 24.8 Å². The summed E-state index contributed by atoms with van der Waals surface area (Å²) in [5.74, 6) is 1.96. The van der Waals surface area contributed by atoms with Gasteiger partial charge in [-0.15, -0.1) is 11.3 Å². The van der Waals surface area contributed by atoms with Crippen molar-refractivity contribution in [2.45, 2.75) is 43.0 Å². The van der Waals surface area contributed by atoms with Gasteiger partial charge in [0, 0.05) is 36.3 Å². The van der Waals surface area contributed by atoms with Gasteiger partial charge in [0.2, 0.25) is 0 Å². The Morgan fingerprint density at radius 3 is 2.90 bits per heavy atom. The van der Waals surface area contributed by atoms with E-state index in [9.17, 15) is 8.42 Å². The van der Waals surface area contributed by atoms with Crippen LogP contribution in [0.1, 0.15) is 29.7 Å². The fraction of sp³-hybridized carbons (Fsp3) is 0.714. The van der Waals surface area contributed by atoms with Crippen molar-refractivity contribution in [2.75, 3.05) is 24.6 Å². The number of hydrogen-bond donors (Lipinski definition) is 1. The highest BCUT2D eigenvalue weighted by molar-refractivity contribution is 7.99. The van der Waals surface area contributed by atoms with E-state index in [2.05, 4.69) is 5.32 Å². The number of thiophene rings is 1. The highest BCUT2D eigenvalue weighted by Crippen LogP contribution is 2.30. The zero-order valence-corrected chi connectivity index (χ0v) is 14.7. The van der Waals surface area contributed by atoms with Crippen LogP contribution in [0.2, 0.25) is 0 Å². The molecule has 7 heteroatoms. The monoisotopic (exact) mass is 346 g/mol. The molecule has 4 nitrogen and oxygen atoms in total. The third kappa shape index (κ3) is 3.82. The molecule has 1 aliphatic heterocycles. The highest BCUT2D eigenvalue weighted by atomic mass is 32.2. The lowest BCUT2D eigenvalue weighted by Gasteiger charge is -2.18.